The smallest absolute Gasteiger partial charge is 0.145 e. The van der Waals surface area contributed by atoms with Crippen LogP contribution in [0.15, 0.2) is 0 Å². The Labute approximate surface area is 116 Å². The van der Waals surface area contributed by atoms with Crippen molar-refractivity contribution in [1.29, 1.82) is 0 Å². The number of rotatable bonds is 0. The second-order valence-electron chi connectivity index (χ2n) is 6.34. The predicted molar refractivity (Wildman–Crippen MR) is 66.5 cm³/mol. The molecule has 3 fully saturated rings. The van der Waals surface area contributed by atoms with Gasteiger partial charge in [-0.25, -0.2) is 0 Å². The summed E-state index contributed by atoms with van der Waals surface area (Å²) in [6.45, 7) is 0. The summed E-state index contributed by atoms with van der Waals surface area (Å²) >= 11 is 0. The van der Waals surface area contributed by atoms with Crippen molar-refractivity contribution in [2.45, 2.75) is 50.1 Å². The van der Waals surface area contributed by atoms with Gasteiger partial charge in [-0.2, -0.15) is 0 Å². The Hall–Kier alpha value is -0.820. The molecule has 0 bridgehead atoms. The lowest BCUT2D eigenvalue weighted by Crippen LogP contribution is -2.62. The molecule has 0 radical (unpaired) electrons. The summed E-state index contributed by atoms with van der Waals surface area (Å²) in [5.74, 6) is -3.98. The van der Waals surface area contributed by atoms with Crippen LogP contribution in [-0.2, 0) is 9.59 Å². The van der Waals surface area contributed by atoms with Gasteiger partial charge < -0.3 is 20.4 Å². The number of carbonyl (C=O) groups excluding carboxylic acids is 2. The molecule has 0 saturated heterocycles. The van der Waals surface area contributed by atoms with Crippen molar-refractivity contribution in [1.82, 2.24) is 0 Å². The van der Waals surface area contributed by atoms with E-state index in [-0.39, 0.29) is 24.4 Å². The zero-order valence-corrected chi connectivity index (χ0v) is 11.1. The minimum absolute atomic E-state index is 0.239. The summed E-state index contributed by atoms with van der Waals surface area (Å²) in [6.07, 6.45) is -2.90. The first-order valence-electron chi connectivity index (χ1n) is 7.23. The van der Waals surface area contributed by atoms with Gasteiger partial charge in [0.1, 0.15) is 11.6 Å². The minimum Gasteiger partial charge on any atom is -0.392 e. The first-order valence-corrected chi connectivity index (χ1v) is 7.23. The SMILES string of the molecule is O=C1C2CCC(O)C(O)C2C(=O)C2C(O)CCC(O)C12. The maximum Gasteiger partial charge on any atom is 0.145 e. The summed E-state index contributed by atoms with van der Waals surface area (Å²) in [4.78, 5) is 25.1. The highest BCUT2D eigenvalue weighted by molar-refractivity contribution is 6.00. The van der Waals surface area contributed by atoms with Crippen LogP contribution in [0.1, 0.15) is 25.7 Å². The number of ketones is 2. The first kappa shape index (κ1) is 14.1. The molecule has 3 aliphatic carbocycles. The van der Waals surface area contributed by atoms with Crippen molar-refractivity contribution >= 4 is 11.6 Å². The molecule has 0 heterocycles. The monoisotopic (exact) mass is 284 g/mol. The molecule has 20 heavy (non-hydrogen) atoms. The number of hydrogen-bond donors (Lipinski definition) is 4. The predicted octanol–water partition coefficient (Wildman–Crippen LogP) is -1.37. The molecular formula is C14H20O6. The number of aliphatic hydroxyl groups is 4. The molecule has 0 aliphatic heterocycles. The molecule has 6 heteroatoms. The van der Waals surface area contributed by atoms with Crippen LogP contribution in [0, 0.1) is 23.7 Å². The van der Waals surface area contributed by atoms with Crippen LogP contribution in [0.5, 0.6) is 0 Å². The third-order valence-corrected chi connectivity index (χ3v) is 5.29. The van der Waals surface area contributed by atoms with Gasteiger partial charge >= 0.3 is 0 Å². The van der Waals surface area contributed by atoms with Gasteiger partial charge in [0, 0.05) is 5.92 Å². The molecule has 0 amide bonds. The van der Waals surface area contributed by atoms with Crippen LogP contribution in [-0.4, -0.2) is 56.4 Å². The highest BCUT2D eigenvalue weighted by Crippen LogP contribution is 2.46. The molecule has 8 atom stereocenters. The maximum atomic E-state index is 12.6. The zero-order chi connectivity index (χ0) is 14.6. The van der Waals surface area contributed by atoms with Crippen molar-refractivity contribution in [3.8, 4) is 0 Å². The summed E-state index contributed by atoms with van der Waals surface area (Å²) in [7, 11) is 0. The maximum absolute atomic E-state index is 12.6. The molecule has 3 aliphatic rings. The summed E-state index contributed by atoms with van der Waals surface area (Å²) < 4.78 is 0. The van der Waals surface area contributed by atoms with Gasteiger partial charge in [-0.15, -0.1) is 0 Å². The second-order valence-corrected chi connectivity index (χ2v) is 6.34. The van der Waals surface area contributed by atoms with Crippen LogP contribution >= 0.6 is 0 Å². The van der Waals surface area contributed by atoms with E-state index in [4.69, 9.17) is 0 Å². The number of carbonyl (C=O) groups is 2. The van der Waals surface area contributed by atoms with Crippen LogP contribution in [0.25, 0.3) is 0 Å². The molecule has 6 nitrogen and oxygen atoms in total. The molecule has 0 spiro atoms. The quantitative estimate of drug-likeness (QED) is 0.436. The van der Waals surface area contributed by atoms with Crippen molar-refractivity contribution in [2.75, 3.05) is 0 Å². The molecule has 3 saturated carbocycles. The van der Waals surface area contributed by atoms with Crippen molar-refractivity contribution < 1.29 is 30.0 Å². The van der Waals surface area contributed by atoms with Gasteiger partial charge in [0.2, 0.25) is 0 Å². The third-order valence-electron chi connectivity index (χ3n) is 5.29. The number of fused-ring (bicyclic) bond motifs is 2. The first-order chi connectivity index (χ1) is 9.43. The largest absolute Gasteiger partial charge is 0.392 e. The van der Waals surface area contributed by atoms with E-state index in [1.54, 1.807) is 0 Å². The molecule has 3 rings (SSSR count). The molecule has 0 aromatic carbocycles. The average molecular weight is 284 g/mol. The second kappa shape index (κ2) is 4.87. The van der Waals surface area contributed by atoms with Gasteiger partial charge in [0.15, 0.2) is 0 Å². The van der Waals surface area contributed by atoms with Gasteiger partial charge in [-0.05, 0) is 25.7 Å². The van der Waals surface area contributed by atoms with Crippen molar-refractivity contribution in [3.63, 3.8) is 0 Å². The summed E-state index contributed by atoms with van der Waals surface area (Å²) in [5, 5.41) is 39.8. The Kier molecular flexibility index (Phi) is 3.44. The Morgan fingerprint density at radius 1 is 0.650 bits per heavy atom. The number of aliphatic hydroxyl groups excluding tert-OH is 4. The van der Waals surface area contributed by atoms with E-state index < -0.39 is 48.1 Å². The Bertz CT molecular complexity index is 431. The fourth-order valence-corrected chi connectivity index (χ4v) is 4.25. The Morgan fingerprint density at radius 2 is 1.15 bits per heavy atom. The topological polar surface area (TPSA) is 115 Å². The molecule has 0 aromatic rings. The van der Waals surface area contributed by atoms with Crippen LogP contribution < -0.4 is 0 Å². The highest BCUT2D eigenvalue weighted by Gasteiger charge is 2.59. The van der Waals surface area contributed by atoms with E-state index in [1.807, 2.05) is 0 Å². The van der Waals surface area contributed by atoms with Crippen molar-refractivity contribution in [2.24, 2.45) is 23.7 Å². The van der Waals surface area contributed by atoms with E-state index in [0.29, 0.717) is 12.8 Å². The van der Waals surface area contributed by atoms with Crippen LogP contribution in [0.2, 0.25) is 0 Å². The van der Waals surface area contributed by atoms with Gasteiger partial charge in [0.05, 0.1) is 42.2 Å². The van der Waals surface area contributed by atoms with Crippen LogP contribution in [0.4, 0.5) is 0 Å². The lowest BCUT2D eigenvalue weighted by atomic mass is 9.56. The van der Waals surface area contributed by atoms with E-state index in [1.165, 1.54) is 0 Å². The Balaban J connectivity index is 1.98. The van der Waals surface area contributed by atoms with Crippen molar-refractivity contribution in [3.05, 3.63) is 0 Å². The Morgan fingerprint density at radius 3 is 1.75 bits per heavy atom. The fourth-order valence-electron chi connectivity index (χ4n) is 4.25. The average Bonchev–Trinajstić information content (AvgIpc) is 2.41. The van der Waals surface area contributed by atoms with Gasteiger partial charge in [0.25, 0.3) is 0 Å². The fraction of sp³-hybridized carbons (Fsp3) is 0.857. The number of hydrogen-bond acceptors (Lipinski definition) is 6. The molecular weight excluding hydrogens is 264 g/mol. The molecule has 4 N–H and O–H groups in total. The standard InChI is InChI=1S/C14H20O6/c15-6-3-4-7(16)11-10(6)12(18)5-1-2-8(17)13(19)9(5)14(11)20/h5-11,13,15-17,19H,1-4H2. The lowest BCUT2D eigenvalue weighted by molar-refractivity contribution is -0.175. The highest BCUT2D eigenvalue weighted by atomic mass is 16.3. The lowest BCUT2D eigenvalue weighted by Gasteiger charge is -2.48. The van der Waals surface area contributed by atoms with E-state index in [0.717, 1.165) is 0 Å². The molecule has 8 unspecified atom stereocenters. The summed E-state index contributed by atoms with van der Waals surface area (Å²) in [5.41, 5.74) is 0. The van der Waals surface area contributed by atoms with Gasteiger partial charge in [-0.1, -0.05) is 0 Å². The van der Waals surface area contributed by atoms with Gasteiger partial charge in [-0.3, -0.25) is 9.59 Å². The zero-order valence-electron chi connectivity index (χ0n) is 11.1. The summed E-state index contributed by atoms with van der Waals surface area (Å²) in [6, 6.07) is 0. The van der Waals surface area contributed by atoms with E-state index in [2.05, 4.69) is 0 Å². The normalized spacial score (nSPS) is 52.4. The van der Waals surface area contributed by atoms with Crippen LogP contribution in [0.3, 0.4) is 0 Å². The number of Topliss-reactive ketones (excluding diaryl/α,β-unsaturated/α-hetero) is 2. The van der Waals surface area contributed by atoms with E-state index in [9.17, 15) is 30.0 Å². The third kappa shape index (κ3) is 1.86. The molecule has 0 aromatic heterocycles. The van der Waals surface area contributed by atoms with E-state index >= 15 is 0 Å². The molecule has 112 valence electrons. The minimum atomic E-state index is -1.25.